The van der Waals surface area contributed by atoms with Gasteiger partial charge in [0.1, 0.15) is 5.76 Å². The number of aryl methyl sites for hydroxylation is 1. The van der Waals surface area contributed by atoms with Gasteiger partial charge in [0.05, 0.1) is 11.6 Å². The van der Waals surface area contributed by atoms with E-state index in [2.05, 4.69) is 11.9 Å². The third kappa shape index (κ3) is 3.10. The number of aromatic amines is 1. The fourth-order valence-electron chi connectivity index (χ4n) is 4.35. The maximum atomic E-state index is 13.2. The van der Waals surface area contributed by atoms with Gasteiger partial charge in [0.15, 0.2) is 0 Å². The Morgan fingerprint density at radius 2 is 1.62 bits per heavy atom. The number of anilines is 1. The number of aliphatic hydroxyl groups is 1. The van der Waals surface area contributed by atoms with E-state index in [4.69, 9.17) is 0 Å². The molecule has 2 N–H and O–H groups in total. The Balaban J connectivity index is 1.73. The van der Waals surface area contributed by atoms with Gasteiger partial charge in [-0.05, 0) is 35.7 Å². The number of carbonyl (C=O) groups excluding carboxylic acids is 2. The first kappa shape index (κ1) is 19.8. The van der Waals surface area contributed by atoms with Crippen molar-refractivity contribution in [3.63, 3.8) is 0 Å². The number of rotatable bonds is 4. The minimum atomic E-state index is -0.725. The van der Waals surface area contributed by atoms with Crippen LogP contribution < -0.4 is 4.90 Å². The maximum absolute atomic E-state index is 13.2. The lowest BCUT2D eigenvalue weighted by Gasteiger charge is -2.25. The number of hydrogen-bond acceptors (Lipinski definition) is 3. The molecule has 1 aliphatic rings. The highest BCUT2D eigenvalue weighted by molar-refractivity contribution is 6.51. The van der Waals surface area contributed by atoms with E-state index < -0.39 is 17.7 Å². The van der Waals surface area contributed by atoms with Crippen LogP contribution in [0.3, 0.4) is 0 Å². The number of nitrogens with zero attached hydrogens (tertiary/aromatic N) is 1. The van der Waals surface area contributed by atoms with Gasteiger partial charge in [0, 0.05) is 28.4 Å². The van der Waals surface area contributed by atoms with Crippen LogP contribution in [-0.4, -0.2) is 21.8 Å². The van der Waals surface area contributed by atoms with Crippen LogP contribution in [-0.2, 0) is 16.0 Å². The number of benzene rings is 3. The predicted molar refractivity (Wildman–Crippen MR) is 125 cm³/mol. The van der Waals surface area contributed by atoms with Crippen molar-refractivity contribution < 1.29 is 14.7 Å². The fraction of sp³-hybridized carbons (Fsp3) is 0.111. The van der Waals surface area contributed by atoms with E-state index in [1.54, 1.807) is 6.20 Å². The third-order valence-corrected chi connectivity index (χ3v) is 6.03. The number of H-pyrrole nitrogens is 1. The second-order valence-corrected chi connectivity index (χ2v) is 7.85. The van der Waals surface area contributed by atoms with Gasteiger partial charge in [0.2, 0.25) is 0 Å². The number of carbonyl (C=O) groups is 2. The van der Waals surface area contributed by atoms with Crippen molar-refractivity contribution in [2.24, 2.45) is 0 Å². The van der Waals surface area contributed by atoms with E-state index in [1.807, 2.05) is 78.9 Å². The van der Waals surface area contributed by atoms with Crippen molar-refractivity contribution >= 4 is 34.0 Å². The number of amides is 1. The summed E-state index contributed by atoms with van der Waals surface area (Å²) in [6.45, 7) is 2.06. The molecule has 0 bridgehead atoms. The molecule has 1 atom stereocenters. The van der Waals surface area contributed by atoms with Crippen molar-refractivity contribution in [3.05, 3.63) is 107 Å². The summed E-state index contributed by atoms with van der Waals surface area (Å²) in [5.41, 5.74) is 3.95. The molecule has 5 nitrogen and oxygen atoms in total. The van der Waals surface area contributed by atoms with Gasteiger partial charge < -0.3 is 10.1 Å². The summed E-state index contributed by atoms with van der Waals surface area (Å²) < 4.78 is 0. The summed E-state index contributed by atoms with van der Waals surface area (Å²) >= 11 is 0. The average molecular weight is 422 g/mol. The Morgan fingerprint density at radius 3 is 2.34 bits per heavy atom. The molecule has 0 radical (unpaired) electrons. The van der Waals surface area contributed by atoms with E-state index in [0.29, 0.717) is 11.3 Å². The summed E-state index contributed by atoms with van der Waals surface area (Å²) in [6, 6.07) is 23.8. The van der Waals surface area contributed by atoms with E-state index in [9.17, 15) is 14.7 Å². The van der Waals surface area contributed by atoms with Crippen LogP contribution in [0.5, 0.6) is 0 Å². The number of nitrogens with one attached hydrogen (secondary N) is 1. The normalized spacial score (nSPS) is 17.9. The van der Waals surface area contributed by atoms with E-state index >= 15 is 0 Å². The number of ketones is 1. The molecule has 0 aliphatic carbocycles. The summed E-state index contributed by atoms with van der Waals surface area (Å²) in [6.07, 6.45) is 2.55. The number of hydrogen-bond donors (Lipinski definition) is 2. The second-order valence-electron chi connectivity index (χ2n) is 7.85. The zero-order valence-corrected chi connectivity index (χ0v) is 17.6. The smallest absolute Gasteiger partial charge is 0.300 e. The first-order valence-electron chi connectivity index (χ1n) is 10.6. The maximum Gasteiger partial charge on any atom is 0.300 e. The molecule has 32 heavy (non-hydrogen) atoms. The molecule has 1 aromatic heterocycles. The van der Waals surface area contributed by atoms with E-state index in [-0.39, 0.29) is 11.3 Å². The lowest BCUT2D eigenvalue weighted by Crippen LogP contribution is -2.29. The number of fused-ring (bicyclic) bond motifs is 1. The molecule has 0 saturated carbocycles. The number of aromatic nitrogens is 1. The van der Waals surface area contributed by atoms with Crippen molar-refractivity contribution in [2.45, 2.75) is 19.4 Å². The minimum Gasteiger partial charge on any atom is -0.507 e. The van der Waals surface area contributed by atoms with Crippen LogP contribution in [0.4, 0.5) is 5.69 Å². The van der Waals surface area contributed by atoms with Crippen molar-refractivity contribution in [1.29, 1.82) is 0 Å². The predicted octanol–water partition coefficient (Wildman–Crippen LogP) is 5.36. The average Bonchev–Trinajstić information content (AvgIpc) is 3.38. The van der Waals surface area contributed by atoms with Crippen molar-refractivity contribution in [2.75, 3.05) is 4.90 Å². The Kier molecular flexibility index (Phi) is 4.86. The molecular formula is C27H22N2O3. The van der Waals surface area contributed by atoms with Crippen LogP contribution in [0.15, 0.2) is 90.6 Å². The lowest BCUT2D eigenvalue weighted by atomic mass is 9.95. The van der Waals surface area contributed by atoms with Gasteiger partial charge in [-0.15, -0.1) is 0 Å². The molecule has 4 aromatic rings. The molecule has 2 heterocycles. The quantitative estimate of drug-likeness (QED) is 0.264. The lowest BCUT2D eigenvalue weighted by molar-refractivity contribution is -0.132. The van der Waals surface area contributed by atoms with Gasteiger partial charge in [-0.3, -0.25) is 14.5 Å². The highest BCUT2D eigenvalue weighted by Crippen LogP contribution is 2.42. The topological polar surface area (TPSA) is 73.4 Å². The van der Waals surface area contributed by atoms with Crippen LogP contribution in [0, 0.1) is 0 Å². The standard InChI is InChI=1S/C27H22N2O3/c1-2-17-12-14-19(15-13-17)29-24(18-8-4-3-5-9-18)23(26(31)27(29)32)25(30)21-16-28-22-11-7-6-10-20(21)22/h3-16,24,28,30H,2H2,1H3/b25-23-. The molecule has 1 fully saturated rings. The molecule has 1 saturated heterocycles. The number of para-hydroxylation sites is 1. The molecular weight excluding hydrogens is 400 g/mol. The van der Waals surface area contributed by atoms with Crippen LogP contribution in [0.1, 0.15) is 29.7 Å². The van der Waals surface area contributed by atoms with Gasteiger partial charge >= 0.3 is 0 Å². The fourth-order valence-corrected chi connectivity index (χ4v) is 4.35. The van der Waals surface area contributed by atoms with Crippen LogP contribution in [0.25, 0.3) is 16.7 Å². The molecule has 0 spiro atoms. The second kappa shape index (κ2) is 7.85. The Morgan fingerprint density at radius 1 is 0.938 bits per heavy atom. The number of Topliss-reactive ketones (excluding diaryl/α,β-unsaturated/α-hetero) is 1. The number of aliphatic hydroxyl groups excluding tert-OH is 1. The third-order valence-electron chi connectivity index (χ3n) is 6.03. The van der Waals surface area contributed by atoms with Crippen LogP contribution in [0.2, 0.25) is 0 Å². The summed E-state index contributed by atoms with van der Waals surface area (Å²) in [5.74, 6) is -1.52. The van der Waals surface area contributed by atoms with Crippen LogP contribution >= 0.6 is 0 Å². The largest absolute Gasteiger partial charge is 0.507 e. The Bertz CT molecular complexity index is 1350. The zero-order valence-electron chi connectivity index (χ0n) is 17.6. The Labute approximate surface area is 185 Å². The van der Waals surface area contributed by atoms with Gasteiger partial charge in [0.25, 0.3) is 11.7 Å². The molecule has 1 aliphatic heterocycles. The van der Waals surface area contributed by atoms with Crippen molar-refractivity contribution in [1.82, 2.24) is 4.98 Å². The van der Waals surface area contributed by atoms with Gasteiger partial charge in [-0.1, -0.05) is 67.6 Å². The first-order chi connectivity index (χ1) is 15.6. The Hall–Kier alpha value is -4.12. The monoisotopic (exact) mass is 422 g/mol. The SMILES string of the molecule is CCc1ccc(N2C(=O)C(=O)/C(=C(\O)c3c[nH]c4ccccc34)C2c2ccccc2)cc1. The molecule has 1 unspecified atom stereocenters. The van der Waals surface area contributed by atoms with Gasteiger partial charge in [-0.2, -0.15) is 0 Å². The summed E-state index contributed by atoms with van der Waals surface area (Å²) in [4.78, 5) is 31.1. The molecule has 1 amide bonds. The molecule has 158 valence electrons. The zero-order chi connectivity index (χ0) is 22.2. The highest BCUT2D eigenvalue weighted by Gasteiger charge is 2.47. The molecule has 5 heteroatoms. The molecule has 5 rings (SSSR count). The minimum absolute atomic E-state index is 0.0884. The summed E-state index contributed by atoms with van der Waals surface area (Å²) in [5, 5.41) is 12.1. The summed E-state index contributed by atoms with van der Waals surface area (Å²) in [7, 11) is 0. The van der Waals surface area contributed by atoms with E-state index in [1.165, 1.54) is 4.90 Å². The van der Waals surface area contributed by atoms with Crippen molar-refractivity contribution in [3.8, 4) is 0 Å². The first-order valence-corrected chi connectivity index (χ1v) is 10.6. The highest BCUT2D eigenvalue weighted by atomic mass is 16.3. The van der Waals surface area contributed by atoms with Gasteiger partial charge in [-0.25, -0.2) is 0 Å². The molecule has 3 aromatic carbocycles. The van der Waals surface area contributed by atoms with E-state index in [0.717, 1.165) is 28.5 Å².